The standard InChI is InChI=1S/C9H17NO3/c1-2-5-8(11)10-13-9-6-3-4-7-12-9/h9H,2-7H2,1H3,(H,10,11)/t9-/m1/s1. The van der Waals surface area contributed by atoms with E-state index in [0.717, 1.165) is 32.3 Å². The van der Waals surface area contributed by atoms with Crippen molar-refractivity contribution in [1.82, 2.24) is 5.48 Å². The normalized spacial score (nSPS) is 22.7. The number of hydroxylamine groups is 1. The number of hydrogen-bond acceptors (Lipinski definition) is 3. The predicted octanol–water partition coefficient (Wildman–Crippen LogP) is 1.36. The van der Waals surface area contributed by atoms with Crippen molar-refractivity contribution in [1.29, 1.82) is 0 Å². The van der Waals surface area contributed by atoms with E-state index in [9.17, 15) is 4.79 Å². The summed E-state index contributed by atoms with van der Waals surface area (Å²) in [5.74, 6) is -0.0725. The number of rotatable bonds is 4. The van der Waals surface area contributed by atoms with Crippen LogP contribution in [0.3, 0.4) is 0 Å². The minimum absolute atomic E-state index is 0.0725. The fourth-order valence-electron chi connectivity index (χ4n) is 1.21. The van der Waals surface area contributed by atoms with Crippen LogP contribution in [0.4, 0.5) is 0 Å². The van der Waals surface area contributed by atoms with Crippen LogP contribution in [0.5, 0.6) is 0 Å². The molecule has 0 bridgehead atoms. The van der Waals surface area contributed by atoms with Gasteiger partial charge in [-0.2, -0.15) is 0 Å². The average Bonchev–Trinajstić information content (AvgIpc) is 2.17. The summed E-state index contributed by atoms with van der Waals surface area (Å²) in [4.78, 5) is 16.1. The minimum Gasteiger partial charge on any atom is -0.350 e. The summed E-state index contributed by atoms with van der Waals surface area (Å²) in [6.45, 7) is 2.69. The monoisotopic (exact) mass is 187 g/mol. The van der Waals surface area contributed by atoms with Crippen LogP contribution in [0.2, 0.25) is 0 Å². The minimum atomic E-state index is -0.241. The topological polar surface area (TPSA) is 47.6 Å². The van der Waals surface area contributed by atoms with Gasteiger partial charge in [-0.3, -0.25) is 4.79 Å². The molecule has 1 aliphatic heterocycles. The Morgan fingerprint density at radius 1 is 1.62 bits per heavy atom. The number of hydrogen-bond donors (Lipinski definition) is 1. The van der Waals surface area contributed by atoms with Crippen LogP contribution in [0.25, 0.3) is 0 Å². The third-order valence-corrected chi connectivity index (χ3v) is 1.92. The first kappa shape index (κ1) is 10.5. The van der Waals surface area contributed by atoms with Crippen molar-refractivity contribution in [3.8, 4) is 0 Å². The Bertz CT molecular complexity index is 155. The van der Waals surface area contributed by atoms with Crippen molar-refractivity contribution in [3.63, 3.8) is 0 Å². The van der Waals surface area contributed by atoms with Gasteiger partial charge in [0.25, 0.3) is 0 Å². The lowest BCUT2D eigenvalue weighted by Crippen LogP contribution is -2.32. The zero-order chi connectivity index (χ0) is 9.52. The van der Waals surface area contributed by atoms with E-state index in [1.54, 1.807) is 0 Å². The van der Waals surface area contributed by atoms with Crippen molar-refractivity contribution in [2.75, 3.05) is 6.61 Å². The van der Waals surface area contributed by atoms with Crippen molar-refractivity contribution in [2.24, 2.45) is 0 Å². The molecule has 1 rings (SSSR count). The maximum Gasteiger partial charge on any atom is 0.243 e. The molecular formula is C9H17NO3. The summed E-state index contributed by atoms with van der Waals surface area (Å²) in [5, 5.41) is 0. The van der Waals surface area contributed by atoms with Crippen LogP contribution in [0.1, 0.15) is 39.0 Å². The second-order valence-electron chi connectivity index (χ2n) is 3.19. The first-order valence-electron chi connectivity index (χ1n) is 4.89. The molecule has 1 fully saturated rings. The van der Waals surface area contributed by atoms with Gasteiger partial charge in [-0.05, 0) is 19.3 Å². The highest BCUT2D eigenvalue weighted by Gasteiger charge is 2.15. The van der Waals surface area contributed by atoms with Gasteiger partial charge < -0.3 is 4.74 Å². The molecule has 76 valence electrons. The Labute approximate surface area is 78.5 Å². The maximum absolute atomic E-state index is 11.0. The van der Waals surface area contributed by atoms with Crippen LogP contribution in [0, 0.1) is 0 Å². The number of nitrogens with one attached hydrogen (secondary N) is 1. The van der Waals surface area contributed by atoms with Crippen molar-refractivity contribution in [3.05, 3.63) is 0 Å². The molecule has 1 amide bonds. The van der Waals surface area contributed by atoms with Crippen LogP contribution in [-0.2, 0) is 14.4 Å². The highest BCUT2D eigenvalue weighted by atomic mass is 16.8. The summed E-state index contributed by atoms with van der Waals surface area (Å²) in [5.41, 5.74) is 2.39. The molecule has 0 radical (unpaired) electrons. The molecule has 0 aromatic rings. The number of amides is 1. The summed E-state index contributed by atoms with van der Waals surface area (Å²) in [6, 6.07) is 0. The fourth-order valence-corrected chi connectivity index (χ4v) is 1.21. The molecule has 13 heavy (non-hydrogen) atoms. The molecule has 0 saturated carbocycles. The summed E-state index contributed by atoms with van der Waals surface area (Å²) in [7, 11) is 0. The van der Waals surface area contributed by atoms with Gasteiger partial charge in [0.05, 0.1) is 0 Å². The van der Waals surface area contributed by atoms with Gasteiger partial charge in [-0.25, -0.2) is 10.3 Å². The van der Waals surface area contributed by atoms with Crippen LogP contribution < -0.4 is 5.48 Å². The molecule has 1 N–H and O–H groups in total. The largest absolute Gasteiger partial charge is 0.350 e. The number of carbonyl (C=O) groups excluding carboxylic acids is 1. The number of ether oxygens (including phenoxy) is 1. The molecule has 1 aliphatic rings. The van der Waals surface area contributed by atoms with E-state index in [1.807, 2.05) is 6.92 Å². The zero-order valence-electron chi connectivity index (χ0n) is 8.04. The highest BCUT2D eigenvalue weighted by Crippen LogP contribution is 2.12. The van der Waals surface area contributed by atoms with Gasteiger partial charge >= 0.3 is 0 Å². The number of carbonyl (C=O) groups is 1. The average molecular weight is 187 g/mol. The van der Waals surface area contributed by atoms with Gasteiger partial charge in [0, 0.05) is 19.4 Å². The molecule has 0 aromatic heterocycles. The first-order chi connectivity index (χ1) is 6.33. The van der Waals surface area contributed by atoms with E-state index >= 15 is 0 Å². The SMILES string of the molecule is CCCC(=O)NO[C@@H]1CCCCO1. The zero-order valence-corrected chi connectivity index (χ0v) is 8.04. The van der Waals surface area contributed by atoms with Crippen LogP contribution in [-0.4, -0.2) is 18.8 Å². The van der Waals surface area contributed by atoms with E-state index in [1.165, 1.54) is 0 Å². The Morgan fingerprint density at radius 3 is 3.08 bits per heavy atom. The molecule has 0 spiro atoms. The summed E-state index contributed by atoms with van der Waals surface area (Å²) >= 11 is 0. The fraction of sp³-hybridized carbons (Fsp3) is 0.889. The van der Waals surface area contributed by atoms with E-state index in [2.05, 4.69) is 5.48 Å². The molecular weight excluding hydrogens is 170 g/mol. The summed E-state index contributed by atoms with van der Waals surface area (Å²) < 4.78 is 5.27. The Kier molecular flexibility index (Phi) is 4.78. The molecule has 0 unspecified atom stereocenters. The molecule has 0 aromatic carbocycles. The van der Waals surface area contributed by atoms with E-state index in [-0.39, 0.29) is 12.2 Å². The Morgan fingerprint density at radius 2 is 2.46 bits per heavy atom. The summed E-state index contributed by atoms with van der Waals surface area (Å²) in [6.07, 6.45) is 4.16. The van der Waals surface area contributed by atoms with Gasteiger partial charge in [-0.1, -0.05) is 6.92 Å². The van der Waals surface area contributed by atoms with E-state index in [4.69, 9.17) is 9.57 Å². The lowest BCUT2D eigenvalue weighted by molar-refractivity contribution is -0.200. The lowest BCUT2D eigenvalue weighted by Gasteiger charge is -2.21. The van der Waals surface area contributed by atoms with Gasteiger partial charge in [0.15, 0.2) is 6.29 Å². The lowest BCUT2D eigenvalue weighted by atomic mass is 10.2. The third kappa shape index (κ3) is 4.24. The predicted molar refractivity (Wildman–Crippen MR) is 47.7 cm³/mol. The van der Waals surface area contributed by atoms with E-state index < -0.39 is 0 Å². The smallest absolute Gasteiger partial charge is 0.243 e. The van der Waals surface area contributed by atoms with E-state index in [0.29, 0.717) is 6.42 Å². The quantitative estimate of drug-likeness (QED) is 0.676. The van der Waals surface area contributed by atoms with Crippen molar-refractivity contribution >= 4 is 5.91 Å². The van der Waals surface area contributed by atoms with Crippen molar-refractivity contribution < 1.29 is 14.4 Å². The molecule has 0 aliphatic carbocycles. The molecule has 4 heteroatoms. The van der Waals surface area contributed by atoms with Gasteiger partial charge in [0.1, 0.15) is 0 Å². The molecule has 4 nitrogen and oxygen atoms in total. The van der Waals surface area contributed by atoms with Crippen LogP contribution >= 0.6 is 0 Å². The van der Waals surface area contributed by atoms with Crippen molar-refractivity contribution in [2.45, 2.75) is 45.3 Å². The molecule has 1 atom stereocenters. The third-order valence-electron chi connectivity index (χ3n) is 1.92. The Balaban J connectivity index is 2.06. The molecule has 1 saturated heterocycles. The highest BCUT2D eigenvalue weighted by molar-refractivity contribution is 5.74. The van der Waals surface area contributed by atoms with Gasteiger partial charge in [0.2, 0.25) is 5.91 Å². The maximum atomic E-state index is 11.0. The van der Waals surface area contributed by atoms with Crippen LogP contribution in [0.15, 0.2) is 0 Å². The second-order valence-corrected chi connectivity index (χ2v) is 3.19. The van der Waals surface area contributed by atoms with Gasteiger partial charge in [-0.15, -0.1) is 0 Å². The Hall–Kier alpha value is -0.610. The first-order valence-corrected chi connectivity index (χ1v) is 4.89. The second kappa shape index (κ2) is 5.94. The molecule has 1 heterocycles.